The summed E-state index contributed by atoms with van der Waals surface area (Å²) in [5, 5.41) is 0.546. The summed E-state index contributed by atoms with van der Waals surface area (Å²) in [7, 11) is 1.54. The van der Waals surface area contributed by atoms with Crippen LogP contribution in [0.25, 0.3) is 22.3 Å². The number of nitrogens with two attached hydrogens (primary N) is 1. The molecular formula is C18H19F2N3O. The number of H-pyrrole nitrogens is 1. The van der Waals surface area contributed by atoms with E-state index in [0.29, 0.717) is 41.1 Å². The minimum atomic E-state index is -0.612. The molecule has 3 N–H and O–H groups in total. The van der Waals surface area contributed by atoms with Gasteiger partial charge in [0.15, 0.2) is 0 Å². The van der Waals surface area contributed by atoms with Gasteiger partial charge in [-0.05, 0) is 43.5 Å². The quantitative estimate of drug-likeness (QED) is 0.675. The summed E-state index contributed by atoms with van der Waals surface area (Å²) in [5.41, 5.74) is 8.01. The van der Waals surface area contributed by atoms with Crippen LogP contribution in [0.3, 0.4) is 0 Å². The Hall–Kier alpha value is -2.47. The van der Waals surface area contributed by atoms with Crippen LogP contribution in [0.1, 0.15) is 18.4 Å². The highest BCUT2D eigenvalue weighted by atomic mass is 19.1. The van der Waals surface area contributed by atoms with Gasteiger partial charge in [0, 0.05) is 17.5 Å². The first-order valence-electron chi connectivity index (χ1n) is 7.85. The Balaban J connectivity index is 2.17. The Morgan fingerprint density at radius 1 is 1.21 bits per heavy atom. The number of benzene rings is 1. The molecule has 3 rings (SSSR count). The number of nitrogens with zero attached hydrogens (tertiary/aromatic N) is 1. The van der Waals surface area contributed by atoms with Gasteiger partial charge in [0.05, 0.1) is 24.0 Å². The predicted octanol–water partition coefficient (Wildman–Crippen LogP) is 3.80. The topological polar surface area (TPSA) is 63.9 Å². The number of aryl methyl sites for hydroxylation is 1. The fraction of sp³-hybridized carbons (Fsp3) is 0.278. The molecule has 0 fully saturated rings. The van der Waals surface area contributed by atoms with Gasteiger partial charge in [-0.1, -0.05) is 6.07 Å². The first kappa shape index (κ1) is 16.4. The summed E-state index contributed by atoms with van der Waals surface area (Å²) < 4.78 is 33.0. The Bertz CT molecular complexity index is 861. The zero-order chi connectivity index (χ0) is 17.1. The van der Waals surface area contributed by atoms with E-state index in [1.54, 1.807) is 6.07 Å². The number of hydrogen-bond acceptors (Lipinski definition) is 3. The van der Waals surface area contributed by atoms with E-state index in [1.165, 1.54) is 13.2 Å². The van der Waals surface area contributed by atoms with Crippen LogP contribution in [0.15, 0.2) is 30.3 Å². The fourth-order valence-electron chi connectivity index (χ4n) is 2.87. The molecule has 0 aliphatic rings. The van der Waals surface area contributed by atoms with Gasteiger partial charge in [0.1, 0.15) is 11.6 Å². The molecule has 0 saturated heterocycles. The molecule has 6 heteroatoms. The van der Waals surface area contributed by atoms with Gasteiger partial charge in [-0.15, -0.1) is 0 Å². The molecule has 0 unspecified atom stereocenters. The Morgan fingerprint density at radius 2 is 2.04 bits per heavy atom. The standard InChI is InChI=1S/C18H19F2N3O/c1-24-16-7-4-6-15(22-16)18-12(5-2-3-8-21)13-9-11(19)10-14(20)17(13)23-18/h4,6-7,9-10,23H,2-3,5,8,21H2,1H3. The van der Waals surface area contributed by atoms with E-state index in [1.807, 2.05) is 12.1 Å². The van der Waals surface area contributed by atoms with Gasteiger partial charge in [-0.25, -0.2) is 13.8 Å². The van der Waals surface area contributed by atoms with E-state index < -0.39 is 11.6 Å². The number of halogens is 2. The molecule has 1 aromatic carbocycles. The van der Waals surface area contributed by atoms with Crippen LogP contribution >= 0.6 is 0 Å². The zero-order valence-corrected chi connectivity index (χ0v) is 13.4. The Morgan fingerprint density at radius 3 is 2.79 bits per heavy atom. The molecule has 0 aliphatic carbocycles. The number of fused-ring (bicyclic) bond motifs is 1. The zero-order valence-electron chi connectivity index (χ0n) is 13.4. The third kappa shape index (κ3) is 3.10. The summed E-state index contributed by atoms with van der Waals surface area (Å²) in [5.74, 6) is -0.742. The number of unbranched alkanes of at least 4 members (excludes halogenated alkanes) is 1. The van der Waals surface area contributed by atoms with Crippen LogP contribution in [0.2, 0.25) is 0 Å². The second-order valence-corrected chi connectivity index (χ2v) is 5.60. The Kier molecular flexibility index (Phi) is 4.76. The van der Waals surface area contributed by atoms with Crippen LogP contribution in [0, 0.1) is 11.6 Å². The van der Waals surface area contributed by atoms with Crippen molar-refractivity contribution in [3.63, 3.8) is 0 Å². The van der Waals surface area contributed by atoms with Crippen molar-refractivity contribution in [2.75, 3.05) is 13.7 Å². The van der Waals surface area contributed by atoms with E-state index in [2.05, 4.69) is 9.97 Å². The summed E-state index contributed by atoms with van der Waals surface area (Å²) >= 11 is 0. The van der Waals surface area contributed by atoms with Crippen molar-refractivity contribution in [2.45, 2.75) is 19.3 Å². The lowest BCUT2D eigenvalue weighted by Gasteiger charge is -2.06. The summed E-state index contributed by atoms with van der Waals surface area (Å²) in [4.78, 5) is 7.47. The van der Waals surface area contributed by atoms with Crippen molar-refractivity contribution in [3.8, 4) is 17.3 Å². The normalized spacial score (nSPS) is 11.2. The molecule has 0 amide bonds. The molecule has 126 valence electrons. The van der Waals surface area contributed by atoms with Crippen LogP contribution in [0.5, 0.6) is 5.88 Å². The van der Waals surface area contributed by atoms with E-state index in [0.717, 1.165) is 24.5 Å². The van der Waals surface area contributed by atoms with Crippen molar-refractivity contribution >= 4 is 10.9 Å². The molecule has 3 aromatic rings. The van der Waals surface area contributed by atoms with Crippen LogP contribution < -0.4 is 10.5 Å². The largest absolute Gasteiger partial charge is 0.481 e. The maximum absolute atomic E-state index is 14.2. The molecule has 0 aliphatic heterocycles. The number of methoxy groups -OCH3 is 1. The smallest absolute Gasteiger partial charge is 0.213 e. The van der Waals surface area contributed by atoms with Crippen LogP contribution in [-0.2, 0) is 6.42 Å². The fourth-order valence-corrected chi connectivity index (χ4v) is 2.87. The maximum Gasteiger partial charge on any atom is 0.213 e. The van der Waals surface area contributed by atoms with E-state index in [4.69, 9.17) is 10.5 Å². The lowest BCUT2D eigenvalue weighted by molar-refractivity contribution is 0.398. The van der Waals surface area contributed by atoms with Gasteiger partial charge in [-0.3, -0.25) is 0 Å². The lowest BCUT2D eigenvalue weighted by atomic mass is 10.0. The molecule has 0 bridgehead atoms. The SMILES string of the molecule is COc1cccc(-c2[nH]c3c(F)cc(F)cc3c2CCCCN)n1. The molecular weight excluding hydrogens is 312 g/mol. The first-order chi connectivity index (χ1) is 11.6. The second-order valence-electron chi connectivity index (χ2n) is 5.60. The van der Waals surface area contributed by atoms with Gasteiger partial charge in [0.25, 0.3) is 0 Å². The lowest BCUT2D eigenvalue weighted by Crippen LogP contribution is -1.99. The molecule has 24 heavy (non-hydrogen) atoms. The van der Waals surface area contributed by atoms with Crippen molar-refractivity contribution in [3.05, 3.63) is 47.5 Å². The minimum absolute atomic E-state index is 0.291. The van der Waals surface area contributed by atoms with E-state index >= 15 is 0 Å². The molecule has 0 radical (unpaired) electrons. The first-order valence-corrected chi connectivity index (χ1v) is 7.85. The van der Waals surface area contributed by atoms with Gasteiger partial charge in [0.2, 0.25) is 5.88 Å². The number of pyridine rings is 1. The number of aromatic nitrogens is 2. The van der Waals surface area contributed by atoms with E-state index in [9.17, 15) is 8.78 Å². The van der Waals surface area contributed by atoms with Crippen molar-refractivity contribution < 1.29 is 13.5 Å². The third-order valence-electron chi connectivity index (χ3n) is 4.00. The number of ether oxygens (including phenoxy) is 1. The number of nitrogens with one attached hydrogen (secondary N) is 1. The van der Waals surface area contributed by atoms with Crippen molar-refractivity contribution in [1.29, 1.82) is 0 Å². The maximum atomic E-state index is 14.2. The predicted molar refractivity (Wildman–Crippen MR) is 90.0 cm³/mol. The molecule has 0 saturated carbocycles. The molecule has 2 heterocycles. The molecule has 2 aromatic heterocycles. The summed E-state index contributed by atoms with van der Waals surface area (Å²) in [6.07, 6.45) is 2.34. The highest BCUT2D eigenvalue weighted by Gasteiger charge is 2.18. The van der Waals surface area contributed by atoms with Crippen molar-refractivity contribution in [1.82, 2.24) is 9.97 Å². The average Bonchev–Trinajstić information content (AvgIpc) is 2.94. The number of rotatable bonds is 6. The summed E-state index contributed by atoms with van der Waals surface area (Å²) in [6, 6.07) is 7.60. The van der Waals surface area contributed by atoms with Crippen molar-refractivity contribution in [2.24, 2.45) is 5.73 Å². The highest BCUT2D eigenvalue weighted by Crippen LogP contribution is 2.33. The van der Waals surface area contributed by atoms with Gasteiger partial charge >= 0.3 is 0 Å². The van der Waals surface area contributed by atoms with Crippen LogP contribution in [-0.4, -0.2) is 23.6 Å². The monoisotopic (exact) mass is 331 g/mol. The third-order valence-corrected chi connectivity index (χ3v) is 4.00. The molecule has 0 spiro atoms. The minimum Gasteiger partial charge on any atom is -0.481 e. The van der Waals surface area contributed by atoms with E-state index in [-0.39, 0.29) is 0 Å². The summed E-state index contributed by atoms with van der Waals surface area (Å²) in [6.45, 7) is 0.581. The number of hydrogen-bond donors (Lipinski definition) is 2. The molecule has 4 nitrogen and oxygen atoms in total. The average molecular weight is 331 g/mol. The highest BCUT2D eigenvalue weighted by molar-refractivity contribution is 5.90. The number of aromatic amines is 1. The van der Waals surface area contributed by atoms with Gasteiger partial charge in [-0.2, -0.15) is 0 Å². The van der Waals surface area contributed by atoms with Gasteiger partial charge < -0.3 is 15.5 Å². The van der Waals surface area contributed by atoms with Crippen LogP contribution in [0.4, 0.5) is 8.78 Å². The second kappa shape index (κ2) is 6.97. The molecule has 0 atom stereocenters. The Labute approximate surface area is 138 Å².